The van der Waals surface area contributed by atoms with E-state index in [9.17, 15) is 4.79 Å². The standard InChI is InChI=1S/C15H18N2O2S/c1-9(2)19-11-4-5-13(10(3)8-11)17-15(18)14-12(16)6-7-20-14/h4-9H,16H2,1-3H3,(H,17,18). The molecule has 0 bridgehead atoms. The van der Waals surface area contributed by atoms with Gasteiger partial charge in [-0.25, -0.2) is 0 Å². The number of hydrogen-bond acceptors (Lipinski definition) is 4. The molecule has 3 N–H and O–H groups in total. The molecule has 1 amide bonds. The summed E-state index contributed by atoms with van der Waals surface area (Å²) < 4.78 is 5.62. The van der Waals surface area contributed by atoms with Crippen LogP contribution in [0.3, 0.4) is 0 Å². The van der Waals surface area contributed by atoms with Gasteiger partial charge in [0.2, 0.25) is 0 Å². The third-order valence-electron chi connectivity index (χ3n) is 2.72. The van der Waals surface area contributed by atoms with Crippen molar-refractivity contribution < 1.29 is 9.53 Å². The van der Waals surface area contributed by atoms with Crippen molar-refractivity contribution in [2.75, 3.05) is 11.1 Å². The molecule has 0 unspecified atom stereocenters. The van der Waals surface area contributed by atoms with Gasteiger partial charge >= 0.3 is 0 Å². The average molecular weight is 290 g/mol. The Morgan fingerprint density at radius 3 is 2.65 bits per heavy atom. The summed E-state index contributed by atoms with van der Waals surface area (Å²) >= 11 is 1.33. The SMILES string of the molecule is Cc1cc(OC(C)C)ccc1NC(=O)c1sccc1N. The molecule has 1 heterocycles. The molecule has 0 aliphatic heterocycles. The van der Waals surface area contributed by atoms with Gasteiger partial charge in [0, 0.05) is 5.69 Å². The molecular weight excluding hydrogens is 272 g/mol. The maximum atomic E-state index is 12.1. The van der Waals surface area contributed by atoms with E-state index in [4.69, 9.17) is 10.5 Å². The first-order chi connectivity index (χ1) is 9.47. The number of rotatable bonds is 4. The first kappa shape index (κ1) is 14.4. The normalized spacial score (nSPS) is 10.6. The molecule has 0 aliphatic carbocycles. The van der Waals surface area contributed by atoms with Gasteiger partial charge in [0.1, 0.15) is 10.6 Å². The van der Waals surface area contributed by atoms with Crippen molar-refractivity contribution in [3.8, 4) is 5.75 Å². The van der Waals surface area contributed by atoms with Gasteiger partial charge in [0.15, 0.2) is 0 Å². The van der Waals surface area contributed by atoms with Crippen LogP contribution in [0.15, 0.2) is 29.6 Å². The molecule has 1 aromatic heterocycles. The van der Waals surface area contributed by atoms with Crippen molar-refractivity contribution in [3.05, 3.63) is 40.1 Å². The van der Waals surface area contributed by atoms with Crippen LogP contribution in [-0.2, 0) is 0 Å². The van der Waals surface area contributed by atoms with Crippen LogP contribution in [0.5, 0.6) is 5.75 Å². The number of amides is 1. The highest BCUT2D eigenvalue weighted by atomic mass is 32.1. The average Bonchev–Trinajstić information content (AvgIpc) is 2.78. The Balaban J connectivity index is 2.14. The first-order valence-electron chi connectivity index (χ1n) is 6.39. The summed E-state index contributed by atoms with van der Waals surface area (Å²) in [6, 6.07) is 7.33. The number of nitrogen functional groups attached to an aromatic ring is 1. The number of anilines is 2. The van der Waals surface area contributed by atoms with Crippen LogP contribution in [0.4, 0.5) is 11.4 Å². The molecule has 0 fully saturated rings. The van der Waals surface area contributed by atoms with Crippen LogP contribution in [0.2, 0.25) is 0 Å². The molecule has 20 heavy (non-hydrogen) atoms. The fraction of sp³-hybridized carbons (Fsp3) is 0.267. The van der Waals surface area contributed by atoms with Gasteiger partial charge in [-0.1, -0.05) is 0 Å². The molecule has 0 aliphatic rings. The van der Waals surface area contributed by atoms with E-state index < -0.39 is 0 Å². The molecule has 0 saturated carbocycles. The highest BCUT2D eigenvalue weighted by molar-refractivity contribution is 7.12. The van der Waals surface area contributed by atoms with Crippen LogP contribution in [-0.4, -0.2) is 12.0 Å². The molecule has 5 heteroatoms. The van der Waals surface area contributed by atoms with Crippen LogP contribution in [0.25, 0.3) is 0 Å². The Morgan fingerprint density at radius 1 is 1.35 bits per heavy atom. The molecule has 0 spiro atoms. The lowest BCUT2D eigenvalue weighted by molar-refractivity contribution is 0.103. The van der Waals surface area contributed by atoms with Gasteiger partial charge in [-0.3, -0.25) is 4.79 Å². The highest BCUT2D eigenvalue weighted by Gasteiger charge is 2.12. The van der Waals surface area contributed by atoms with Crippen LogP contribution >= 0.6 is 11.3 Å². The number of benzene rings is 1. The summed E-state index contributed by atoms with van der Waals surface area (Å²) in [7, 11) is 0. The predicted molar refractivity (Wildman–Crippen MR) is 83.6 cm³/mol. The number of ether oxygens (including phenoxy) is 1. The molecule has 2 aromatic rings. The largest absolute Gasteiger partial charge is 0.491 e. The number of nitrogens with one attached hydrogen (secondary N) is 1. The van der Waals surface area contributed by atoms with E-state index in [1.165, 1.54) is 11.3 Å². The van der Waals surface area contributed by atoms with E-state index in [0.29, 0.717) is 10.6 Å². The fourth-order valence-corrected chi connectivity index (χ4v) is 2.52. The van der Waals surface area contributed by atoms with Crippen molar-refractivity contribution in [3.63, 3.8) is 0 Å². The third-order valence-corrected chi connectivity index (χ3v) is 3.65. The van der Waals surface area contributed by atoms with Gasteiger partial charge in [0.25, 0.3) is 5.91 Å². The summed E-state index contributed by atoms with van der Waals surface area (Å²) in [5, 5.41) is 4.67. The van der Waals surface area contributed by atoms with Crippen LogP contribution in [0, 0.1) is 6.92 Å². The van der Waals surface area contributed by atoms with E-state index >= 15 is 0 Å². The monoisotopic (exact) mass is 290 g/mol. The van der Waals surface area contributed by atoms with E-state index in [1.54, 1.807) is 11.4 Å². The Morgan fingerprint density at radius 2 is 2.10 bits per heavy atom. The number of carbonyl (C=O) groups is 1. The molecule has 2 rings (SSSR count). The molecule has 106 valence electrons. The number of thiophene rings is 1. The van der Waals surface area contributed by atoms with Crippen molar-refractivity contribution in [2.24, 2.45) is 0 Å². The third kappa shape index (κ3) is 3.30. The van der Waals surface area contributed by atoms with Gasteiger partial charge in [-0.2, -0.15) is 0 Å². The number of nitrogens with two attached hydrogens (primary N) is 1. The maximum Gasteiger partial charge on any atom is 0.267 e. The van der Waals surface area contributed by atoms with Crippen molar-refractivity contribution in [2.45, 2.75) is 26.9 Å². The number of carbonyl (C=O) groups excluding carboxylic acids is 1. The second-order valence-electron chi connectivity index (χ2n) is 4.80. The smallest absolute Gasteiger partial charge is 0.267 e. The topological polar surface area (TPSA) is 64.3 Å². The zero-order chi connectivity index (χ0) is 14.7. The Kier molecular flexibility index (Phi) is 4.29. The molecule has 1 aromatic carbocycles. The van der Waals surface area contributed by atoms with Gasteiger partial charge in [-0.15, -0.1) is 11.3 Å². The van der Waals surface area contributed by atoms with Gasteiger partial charge < -0.3 is 15.8 Å². The summed E-state index contributed by atoms with van der Waals surface area (Å²) in [4.78, 5) is 12.6. The second kappa shape index (κ2) is 5.96. The molecular formula is C15H18N2O2S. The molecule has 0 atom stereocenters. The number of aryl methyl sites for hydroxylation is 1. The Hall–Kier alpha value is -2.01. The predicted octanol–water partition coefficient (Wildman–Crippen LogP) is 3.68. The minimum Gasteiger partial charge on any atom is -0.491 e. The van der Waals surface area contributed by atoms with Crippen molar-refractivity contribution in [1.82, 2.24) is 0 Å². The Labute approximate surface area is 122 Å². The second-order valence-corrected chi connectivity index (χ2v) is 5.72. The van der Waals surface area contributed by atoms with Crippen molar-refractivity contribution in [1.29, 1.82) is 0 Å². The molecule has 0 saturated heterocycles. The number of hydrogen-bond donors (Lipinski definition) is 2. The lowest BCUT2D eigenvalue weighted by Gasteiger charge is -2.13. The van der Waals surface area contributed by atoms with E-state index in [0.717, 1.165) is 17.0 Å². The van der Waals surface area contributed by atoms with E-state index in [2.05, 4.69) is 5.32 Å². The summed E-state index contributed by atoms with van der Waals surface area (Å²) in [5.41, 5.74) is 7.96. The lowest BCUT2D eigenvalue weighted by atomic mass is 10.2. The lowest BCUT2D eigenvalue weighted by Crippen LogP contribution is -2.13. The molecule has 0 radical (unpaired) electrons. The fourth-order valence-electron chi connectivity index (χ4n) is 1.80. The van der Waals surface area contributed by atoms with E-state index in [-0.39, 0.29) is 12.0 Å². The minimum atomic E-state index is -0.182. The summed E-state index contributed by atoms with van der Waals surface area (Å²) in [5.74, 6) is 0.615. The quantitative estimate of drug-likeness (QED) is 0.902. The van der Waals surface area contributed by atoms with Gasteiger partial charge in [-0.05, 0) is 56.0 Å². The Bertz CT molecular complexity index is 620. The van der Waals surface area contributed by atoms with Crippen LogP contribution in [0.1, 0.15) is 29.1 Å². The zero-order valence-corrected chi connectivity index (χ0v) is 12.6. The van der Waals surface area contributed by atoms with Gasteiger partial charge in [0.05, 0.1) is 11.8 Å². The van der Waals surface area contributed by atoms with Crippen LogP contribution < -0.4 is 15.8 Å². The van der Waals surface area contributed by atoms with Crippen molar-refractivity contribution >= 4 is 28.6 Å². The summed E-state index contributed by atoms with van der Waals surface area (Å²) in [6.07, 6.45) is 0.126. The van der Waals surface area contributed by atoms with E-state index in [1.807, 2.05) is 39.0 Å². The highest BCUT2D eigenvalue weighted by Crippen LogP contribution is 2.25. The summed E-state index contributed by atoms with van der Waals surface area (Å²) in [6.45, 7) is 5.88. The minimum absolute atomic E-state index is 0.126. The zero-order valence-electron chi connectivity index (χ0n) is 11.8. The first-order valence-corrected chi connectivity index (χ1v) is 7.27. The molecule has 4 nitrogen and oxygen atoms in total. The maximum absolute atomic E-state index is 12.1.